The van der Waals surface area contributed by atoms with Gasteiger partial charge in [0.1, 0.15) is 29.5 Å². The minimum absolute atomic E-state index is 0.0498. The lowest BCUT2D eigenvalue weighted by Gasteiger charge is -2.48. The average Bonchev–Trinajstić information content (AvgIpc) is 3.47. The van der Waals surface area contributed by atoms with Gasteiger partial charge in [0.25, 0.3) is 0 Å². The van der Waals surface area contributed by atoms with Crippen LogP contribution in [0.1, 0.15) is 46.0 Å². The van der Waals surface area contributed by atoms with E-state index >= 15 is 0 Å². The fourth-order valence-electron chi connectivity index (χ4n) is 6.77. The Morgan fingerprint density at radius 1 is 1.30 bits per heavy atom. The Labute approximate surface area is 189 Å². The van der Waals surface area contributed by atoms with Crippen molar-refractivity contribution in [1.29, 1.82) is 0 Å². The molecule has 0 radical (unpaired) electrons. The van der Waals surface area contributed by atoms with E-state index in [-0.39, 0.29) is 36.9 Å². The molecule has 0 amide bonds. The lowest BCUT2D eigenvalue weighted by Crippen LogP contribution is -2.69. The highest BCUT2D eigenvalue weighted by molar-refractivity contribution is 6.11. The van der Waals surface area contributed by atoms with Crippen LogP contribution in [0.4, 0.5) is 0 Å². The van der Waals surface area contributed by atoms with Crippen LogP contribution in [0.2, 0.25) is 0 Å². The first-order chi connectivity index (χ1) is 15.9. The number of Topliss-reactive ketones (excluding diaryl/α,β-unsaturated/α-hetero) is 1. The van der Waals surface area contributed by atoms with Gasteiger partial charge >= 0.3 is 0 Å². The van der Waals surface area contributed by atoms with Gasteiger partial charge in [-0.25, -0.2) is 0 Å². The topological polar surface area (TPSA) is 133 Å². The fraction of sp³-hybridized carbons (Fsp3) is 0.542. The Balaban J connectivity index is 1.58. The second-order valence-electron chi connectivity index (χ2n) is 9.67. The molecule has 4 aliphatic heterocycles. The van der Waals surface area contributed by atoms with E-state index in [0.717, 1.165) is 11.1 Å². The minimum atomic E-state index is -1.25. The van der Waals surface area contributed by atoms with Crippen LogP contribution in [0.25, 0.3) is 10.8 Å². The van der Waals surface area contributed by atoms with Gasteiger partial charge in [0.15, 0.2) is 17.0 Å². The van der Waals surface area contributed by atoms with Crippen molar-refractivity contribution in [2.45, 2.75) is 55.4 Å². The summed E-state index contributed by atoms with van der Waals surface area (Å²) in [5, 5.41) is 23.1. The quantitative estimate of drug-likeness (QED) is 0.587. The van der Waals surface area contributed by atoms with E-state index in [1.165, 1.54) is 0 Å². The van der Waals surface area contributed by atoms with Crippen LogP contribution in [0, 0.1) is 6.92 Å². The van der Waals surface area contributed by atoms with Gasteiger partial charge < -0.3 is 39.6 Å². The number of carbonyl (C=O) groups is 1. The molecule has 4 heterocycles. The Morgan fingerprint density at radius 2 is 2.09 bits per heavy atom. The molecule has 2 aromatic carbocycles. The number of ketones is 1. The molecule has 0 saturated carbocycles. The molecule has 5 atom stereocenters. The zero-order chi connectivity index (χ0) is 22.9. The van der Waals surface area contributed by atoms with Crippen molar-refractivity contribution in [3.05, 3.63) is 28.3 Å². The largest absolute Gasteiger partial charge is 0.506 e. The van der Waals surface area contributed by atoms with Crippen molar-refractivity contribution >= 4 is 16.6 Å². The maximum Gasteiger partial charge on any atom is 0.218 e. The van der Waals surface area contributed by atoms with E-state index in [1.54, 1.807) is 7.11 Å². The third kappa shape index (κ3) is 1.94. The van der Waals surface area contributed by atoms with Crippen LogP contribution in [0.5, 0.6) is 17.2 Å². The van der Waals surface area contributed by atoms with Gasteiger partial charge in [-0.05, 0) is 31.4 Å². The highest BCUT2D eigenvalue weighted by Crippen LogP contribution is 2.70. The second kappa shape index (κ2) is 5.97. The van der Waals surface area contributed by atoms with E-state index < -0.39 is 29.2 Å². The molecule has 5 aliphatic rings. The number of benzene rings is 2. The molecule has 4 N–H and O–H groups in total. The molecule has 2 bridgehead atoms. The van der Waals surface area contributed by atoms with Crippen molar-refractivity contribution in [2.75, 3.05) is 26.9 Å². The SMILES string of the molecule is COc1c2c(c(O)c3c4c(c(C)cc13)C1OC3(CN)OC1[C@@](CO)(O4)[C@@]31CO1)C(=O)CCC2. The van der Waals surface area contributed by atoms with Gasteiger partial charge in [-0.3, -0.25) is 4.79 Å². The number of aromatic hydroxyl groups is 1. The average molecular weight is 455 g/mol. The Hall–Kier alpha value is -2.43. The van der Waals surface area contributed by atoms with Crippen molar-refractivity contribution in [3.8, 4) is 17.2 Å². The molecular formula is C24H25NO8. The van der Waals surface area contributed by atoms with Crippen LogP contribution < -0.4 is 15.2 Å². The van der Waals surface area contributed by atoms with Gasteiger partial charge in [-0.15, -0.1) is 0 Å². The third-order valence-electron chi connectivity index (χ3n) is 8.31. The predicted octanol–water partition coefficient (Wildman–Crippen LogP) is 1.40. The Kier molecular flexibility index (Phi) is 3.62. The molecule has 33 heavy (non-hydrogen) atoms. The van der Waals surface area contributed by atoms with Crippen LogP contribution in [-0.4, -0.2) is 66.0 Å². The lowest BCUT2D eigenvalue weighted by molar-refractivity contribution is -0.221. The number of aliphatic hydroxyl groups excluding tert-OH is 1. The van der Waals surface area contributed by atoms with Gasteiger partial charge in [-0.2, -0.15) is 0 Å². The zero-order valence-corrected chi connectivity index (χ0v) is 18.4. The van der Waals surface area contributed by atoms with Crippen LogP contribution in [0.3, 0.4) is 0 Å². The molecule has 1 aliphatic carbocycles. The minimum Gasteiger partial charge on any atom is -0.506 e. The summed E-state index contributed by atoms with van der Waals surface area (Å²) < 4.78 is 30.9. The monoisotopic (exact) mass is 455 g/mol. The molecule has 9 heteroatoms. The second-order valence-corrected chi connectivity index (χ2v) is 9.67. The van der Waals surface area contributed by atoms with Crippen LogP contribution in [-0.2, 0) is 20.6 Å². The number of aryl methyl sites for hydroxylation is 1. The molecule has 174 valence electrons. The summed E-state index contributed by atoms with van der Waals surface area (Å²) in [7, 11) is 1.56. The summed E-state index contributed by atoms with van der Waals surface area (Å²) in [6, 6.07) is 1.93. The first-order valence-electron chi connectivity index (χ1n) is 11.3. The van der Waals surface area contributed by atoms with Gasteiger partial charge in [0, 0.05) is 22.9 Å². The summed E-state index contributed by atoms with van der Waals surface area (Å²) in [5.74, 6) is -0.533. The number of hydrogen-bond donors (Lipinski definition) is 3. The van der Waals surface area contributed by atoms with Crippen molar-refractivity contribution < 1.29 is 38.7 Å². The number of epoxide rings is 1. The van der Waals surface area contributed by atoms with E-state index in [9.17, 15) is 15.0 Å². The van der Waals surface area contributed by atoms with Crippen LogP contribution in [0.15, 0.2) is 6.07 Å². The fourth-order valence-corrected chi connectivity index (χ4v) is 6.77. The first kappa shape index (κ1) is 20.0. The molecule has 7 rings (SSSR count). The van der Waals surface area contributed by atoms with Crippen molar-refractivity contribution in [3.63, 3.8) is 0 Å². The summed E-state index contributed by atoms with van der Waals surface area (Å²) >= 11 is 0. The molecule has 9 nitrogen and oxygen atoms in total. The maximum atomic E-state index is 12.8. The van der Waals surface area contributed by atoms with Gasteiger partial charge in [0.05, 0.1) is 37.8 Å². The smallest absolute Gasteiger partial charge is 0.218 e. The number of methoxy groups -OCH3 is 1. The van der Waals surface area contributed by atoms with Crippen LogP contribution >= 0.6 is 0 Å². The molecule has 3 saturated heterocycles. The number of rotatable bonds is 3. The molecule has 3 unspecified atom stereocenters. The number of phenols is 1. The normalized spacial score (nSPS) is 37.3. The van der Waals surface area contributed by atoms with Crippen molar-refractivity contribution in [2.24, 2.45) is 5.73 Å². The molecule has 1 spiro atoms. The molecule has 0 aromatic heterocycles. The van der Waals surface area contributed by atoms with E-state index in [4.69, 9.17) is 29.4 Å². The van der Waals surface area contributed by atoms with E-state index in [2.05, 4.69) is 0 Å². The summed E-state index contributed by atoms with van der Waals surface area (Å²) in [6.07, 6.45) is 0.517. The number of nitrogens with two attached hydrogens (primary N) is 1. The van der Waals surface area contributed by atoms with Gasteiger partial charge in [-0.1, -0.05) is 0 Å². The number of carbonyl (C=O) groups excluding carboxylic acids is 1. The first-order valence-corrected chi connectivity index (χ1v) is 11.3. The maximum absolute atomic E-state index is 12.8. The lowest BCUT2D eigenvalue weighted by atomic mass is 9.72. The predicted molar refractivity (Wildman–Crippen MR) is 114 cm³/mol. The zero-order valence-electron chi connectivity index (χ0n) is 18.4. The third-order valence-corrected chi connectivity index (χ3v) is 8.31. The Morgan fingerprint density at radius 3 is 2.76 bits per heavy atom. The standard InChI is InChI=1S/C24H25NO8/c1-10-6-12-16(17(28)15-11(18(12)29-2)4-3-5-13(15)27)19-14(10)20-21-22(8-26,31-19)23(9-30-23)24(7-25,32-20)33-21/h6,20-21,26,28H,3-5,7-9,25H2,1-2H3/t20?,21?,22-,23+,24?/m1/s1. The number of hydrogen-bond acceptors (Lipinski definition) is 9. The molecular weight excluding hydrogens is 430 g/mol. The van der Waals surface area contributed by atoms with E-state index in [1.807, 2.05) is 13.0 Å². The van der Waals surface area contributed by atoms with E-state index in [0.29, 0.717) is 47.1 Å². The van der Waals surface area contributed by atoms with Crippen molar-refractivity contribution in [1.82, 2.24) is 0 Å². The molecule has 3 fully saturated rings. The number of phenolic OH excluding ortho intramolecular Hbond substituents is 1. The number of aliphatic hydroxyl groups is 1. The Bertz CT molecular complexity index is 1270. The number of fused-ring (bicyclic) bond motifs is 8. The summed E-state index contributed by atoms with van der Waals surface area (Å²) in [6.45, 7) is 1.88. The highest BCUT2D eigenvalue weighted by Gasteiger charge is 2.89. The highest BCUT2D eigenvalue weighted by atomic mass is 16.8. The number of ether oxygens (including phenoxy) is 5. The summed E-state index contributed by atoms with van der Waals surface area (Å²) in [4.78, 5) is 12.8. The molecule has 2 aromatic rings. The van der Waals surface area contributed by atoms with Gasteiger partial charge in [0.2, 0.25) is 5.79 Å². The summed E-state index contributed by atoms with van der Waals surface area (Å²) in [5.41, 5.74) is 6.37.